The molecule has 102 valence electrons. The summed E-state index contributed by atoms with van der Waals surface area (Å²) in [7, 11) is 0. The third-order valence-corrected chi connectivity index (χ3v) is 2.86. The van der Waals surface area contributed by atoms with E-state index >= 15 is 0 Å². The summed E-state index contributed by atoms with van der Waals surface area (Å²) in [6.07, 6.45) is 0. The van der Waals surface area contributed by atoms with Crippen molar-refractivity contribution in [3.8, 4) is 0 Å². The summed E-state index contributed by atoms with van der Waals surface area (Å²) >= 11 is 0. The van der Waals surface area contributed by atoms with E-state index in [1.54, 1.807) is 24.3 Å². The molecule has 3 nitrogen and oxygen atoms in total. The lowest BCUT2D eigenvalue weighted by Gasteiger charge is -2.08. The van der Waals surface area contributed by atoms with Gasteiger partial charge in [-0.3, -0.25) is 9.59 Å². The zero-order valence-electron chi connectivity index (χ0n) is 11.0. The smallest absolute Gasteiger partial charge is 0.252 e. The number of halogens is 1. The number of carbonyl (C=O) groups excluding carboxylic acids is 2. The van der Waals surface area contributed by atoms with Crippen molar-refractivity contribution in [2.45, 2.75) is 6.92 Å². The normalized spacial score (nSPS) is 10.1. The lowest BCUT2D eigenvalue weighted by atomic mass is 9.98. The maximum Gasteiger partial charge on any atom is 0.252 e. The van der Waals surface area contributed by atoms with Gasteiger partial charge in [0.05, 0.1) is 5.56 Å². The highest BCUT2D eigenvalue weighted by atomic mass is 19.1. The highest BCUT2D eigenvalue weighted by Crippen LogP contribution is 2.15. The van der Waals surface area contributed by atoms with Gasteiger partial charge in [-0.05, 0) is 37.3 Å². The van der Waals surface area contributed by atoms with Gasteiger partial charge < -0.3 is 5.32 Å². The highest BCUT2D eigenvalue weighted by molar-refractivity contribution is 6.15. The monoisotopic (exact) mass is 271 g/mol. The Balaban J connectivity index is 2.39. The van der Waals surface area contributed by atoms with Gasteiger partial charge in [0, 0.05) is 17.7 Å². The summed E-state index contributed by atoms with van der Waals surface area (Å²) in [5.41, 5.74) is 0.983. The quantitative estimate of drug-likeness (QED) is 0.869. The van der Waals surface area contributed by atoms with Crippen LogP contribution in [0.2, 0.25) is 0 Å². The molecule has 1 N–H and O–H groups in total. The van der Waals surface area contributed by atoms with Crippen molar-refractivity contribution in [3.63, 3.8) is 0 Å². The molecule has 0 spiro atoms. The van der Waals surface area contributed by atoms with Crippen LogP contribution in [-0.4, -0.2) is 18.2 Å². The second kappa shape index (κ2) is 6.10. The SMILES string of the molecule is CCNC(=O)c1ccccc1C(=O)c1ccc(F)cc1. The van der Waals surface area contributed by atoms with E-state index in [4.69, 9.17) is 0 Å². The number of benzene rings is 2. The standard InChI is InChI=1S/C16H14FNO2/c1-2-18-16(20)14-6-4-3-5-13(14)15(19)11-7-9-12(17)10-8-11/h3-10H,2H2,1H3,(H,18,20). The molecular weight excluding hydrogens is 257 g/mol. The van der Waals surface area contributed by atoms with Crippen LogP contribution >= 0.6 is 0 Å². The van der Waals surface area contributed by atoms with Gasteiger partial charge in [0.1, 0.15) is 5.82 Å². The van der Waals surface area contributed by atoms with Crippen LogP contribution in [-0.2, 0) is 0 Å². The van der Waals surface area contributed by atoms with Crippen molar-refractivity contribution < 1.29 is 14.0 Å². The molecule has 1 amide bonds. The second-order valence-electron chi connectivity index (χ2n) is 4.24. The van der Waals surface area contributed by atoms with Gasteiger partial charge in [-0.1, -0.05) is 18.2 Å². The van der Waals surface area contributed by atoms with Gasteiger partial charge in [0.25, 0.3) is 5.91 Å². The van der Waals surface area contributed by atoms with Crippen LogP contribution in [0.5, 0.6) is 0 Å². The van der Waals surface area contributed by atoms with Crippen molar-refractivity contribution in [3.05, 3.63) is 71.0 Å². The summed E-state index contributed by atoms with van der Waals surface area (Å²) in [6, 6.07) is 11.9. The zero-order valence-corrected chi connectivity index (χ0v) is 11.0. The molecule has 0 aliphatic rings. The summed E-state index contributed by atoms with van der Waals surface area (Å²) in [5, 5.41) is 2.67. The molecule has 0 fully saturated rings. The van der Waals surface area contributed by atoms with Crippen molar-refractivity contribution in [2.75, 3.05) is 6.54 Å². The predicted octanol–water partition coefficient (Wildman–Crippen LogP) is 2.81. The van der Waals surface area contributed by atoms with Crippen LogP contribution in [0.3, 0.4) is 0 Å². The van der Waals surface area contributed by atoms with E-state index in [1.807, 2.05) is 6.92 Å². The van der Waals surface area contributed by atoms with E-state index in [-0.39, 0.29) is 11.7 Å². The van der Waals surface area contributed by atoms with Crippen molar-refractivity contribution in [1.29, 1.82) is 0 Å². The Kier molecular flexibility index (Phi) is 4.25. The summed E-state index contributed by atoms with van der Waals surface area (Å²) < 4.78 is 12.9. The molecule has 2 aromatic carbocycles. The van der Waals surface area contributed by atoms with Gasteiger partial charge in [-0.2, -0.15) is 0 Å². The first kappa shape index (κ1) is 13.9. The average Bonchev–Trinajstić information content (AvgIpc) is 2.47. The Bertz CT molecular complexity index is 635. The first-order chi connectivity index (χ1) is 9.63. The van der Waals surface area contributed by atoms with Crippen LogP contribution in [0.25, 0.3) is 0 Å². The highest BCUT2D eigenvalue weighted by Gasteiger charge is 2.17. The number of carbonyl (C=O) groups is 2. The maximum atomic E-state index is 12.9. The van der Waals surface area contributed by atoms with E-state index < -0.39 is 5.82 Å². The Morgan fingerprint density at radius 2 is 1.60 bits per heavy atom. The number of nitrogens with one attached hydrogen (secondary N) is 1. The van der Waals surface area contributed by atoms with Gasteiger partial charge in [-0.25, -0.2) is 4.39 Å². The van der Waals surface area contributed by atoms with Crippen LogP contribution in [0.4, 0.5) is 4.39 Å². The number of hydrogen-bond acceptors (Lipinski definition) is 2. The Hall–Kier alpha value is -2.49. The number of amides is 1. The molecule has 0 bridgehead atoms. The average molecular weight is 271 g/mol. The van der Waals surface area contributed by atoms with Crippen LogP contribution in [0.1, 0.15) is 33.2 Å². The lowest BCUT2D eigenvalue weighted by molar-refractivity contribution is 0.0944. The molecule has 0 aliphatic heterocycles. The fraction of sp³-hybridized carbons (Fsp3) is 0.125. The van der Waals surface area contributed by atoms with E-state index in [0.717, 1.165) is 0 Å². The van der Waals surface area contributed by atoms with Crippen LogP contribution < -0.4 is 5.32 Å². The molecule has 2 rings (SSSR count). The van der Waals surface area contributed by atoms with Gasteiger partial charge >= 0.3 is 0 Å². The largest absolute Gasteiger partial charge is 0.352 e. The predicted molar refractivity (Wildman–Crippen MR) is 74.3 cm³/mol. The molecule has 0 unspecified atom stereocenters. The van der Waals surface area contributed by atoms with E-state index in [2.05, 4.69) is 5.32 Å². The molecule has 2 aromatic rings. The summed E-state index contributed by atoms with van der Waals surface area (Å²) in [4.78, 5) is 24.3. The number of hydrogen-bond donors (Lipinski definition) is 1. The first-order valence-corrected chi connectivity index (χ1v) is 6.31. The van der Waals surface area contributed by atoms with Crippen molar-refractivity contribution >= 4 is 11.7 Å². The topological polar surface area (TPSA) is 46.2 Å². The van der Waals surface area contributed by atoms with Crippen molar-refractivity contribution in [1.82, 2.24) is 5.32 Å². The molecule has 4 heteroatoms. The molecule has 0 aliphatic carbocycles. The molecule has 0 saturated heterocycles. The van der Waals surface area contributed by atoms with Crippen molar-refractivity contribution in [2.24, 2.45) is 0 Å². The minimum absolute atomic E-state index is 0.293. The van der Waals surface area contributed by atoms with E-state index in [0.29, 0.717) is 23.2 Å². The fourth-order valence-electron chi connectivity index (χ4n) is 1.89. The zero-order chi connectivity index (χ0) is 14.5. The number of rotatable bonds is 4. The molecular formula is C16H14FNO2. The number of ketones is 1. The van der Waals surface area contributed by atoms with Crippen LogP contribution in [0, 0.1) is 5.82 Å². The summed E-state index contributed by atoms with van der Waals surface area (Å²) in [6.45, 7) is 2.29. The Morgan fingerprint density at radius 3 is 2.20 bits per heavy atom. The molecule has 0 radical (unpaired) electrons. The Morgan fingerprint density at radius 1 is 1.00 bits per heavy atom. The van der Waals surface area contributed by atoms with Gasteiger partial charge in [-0.15, -0.1) is 0 Å². The third-order valence-electron chi connectivity index (χ3n) is 2.86. The maximum absolute atomic E-state index is 12.9. The molecule has 20 heavy (non-hydrogen) atoms. The minimum Gasteiger partial charge on any atom is -0.352 e. The van der Waals surface area contributed by atoms with Crippen LogP contribution in [0.15, 0.2) is 48.5 Å². The summed E-state index contributed by atoms with van der Waals surface area (Å²) in [5.74, 6) is -0.996. The molecule has 0 aromatic heterocycles. The first-order valence-electron chi connectivity index (χ1n) is 6.31. The lowest BCUT2D eigenvalue weighted by Crippen LogP contribution is -2.25. The third kappa shape index (κ3) is 2.91. The Labute approximate surface area is 116 Å². The van der Waals surface area contributed by atoms with Gasteiger partial charge in [0.2, 0.25) is 0 Å². The molecule has 0 saturated carbocycles. The molecule has 0 heterocycles. The van der Waals surface area contributed by atoms with E-state index in [1.165, 1.54) is 24.3 Å². The minimum atomic E-state index is -0.404. The second-order valence-corrected chi connectivity index (χ2v) is 4.24. The van der Waals surface area contributed by atoms with Gasteiger partial charge in [0.15, 0.2) is 5.78 Å². The fourth-order valence-corrected chi connectivity index (χ4v) is 1.89. The molecule has 0 atom stereocenters. The van der Waals surface area contributed by atoms with E-state index in [9.17, 15) is 14.0 Å².